The highest BCUT2D eigenvalue weighted by Crippen LogP contribution is 2.15. The van der Waals surface area contributed by atoms with E-state index >= 15 is 0 Å². The molecule has 1 heterocycles. The number of nitrogens with zero attached hydrogens (tertiary/aromatic N) is 4. The fraction of sp³-hybridized carbons (Fsp3) is 0.778. The normalized spacial score (nSPS) is 20.4. The molecular formula is C9H14N4O3. The van der Waals surface area contributed by atoms with Gasteiger partial charge < -0.3 is 9.47 Å². The molecule has 88 valence electrons. The van der Waals surface area contributed by atoms with Crippen LogP contribution in [0.4, 0.5) is 0 Å². The van der Waals surface area contributed by atoms with E-state index in [1.165, 1.54) is 7.11 Å². The lowest BCUT2D eigenvalue weighted by molar-refractivity contribution is -0.142. The molecule has 7 nitrogen and oxygen atoms in total. The molecule has 0 aromatic heterocycles. The second kappa shape index (κ2) is 5.97. The molecule has 0 N–H and O–H groups in total. The topological polar surface area (TPSA) is 96.7 Å². The number of carbonyl (C=O) groups is 1. The Morgan fingerprint density at radius 3 is 3.25 bits per heavy atom. The fourth-order valence-electron chi connectivity index (χ4n) is 1.34. The fourth-order valence-corrected chi connectivity index (χ4v) is 1.34. The number of carbonyl (C=O) groups excluding carboxylic acids is 1. The number of ether oxygens (including phenoxy) is 2. The van der Waals surface area contributed by atoms with Crippen LogP contribution in [0, 0.1) is 5.92 Å². The van der Waals surface area contributed by atoms with E-state index in [9.17, 15) is 4.79 Å². The number of hydrogen-bond donors (Lipinski definition) is 0. The average Bonchev–Trinajstić information content (AvgIpc) is 2.77. The molecule has 7 heteroatoms. The second-order valence-corrected chi connectivity index (χ2v) is 3.46. The Hall–Kier alpha value is -1.75. The highest BCUT2D eigenvalue weighted by molar-refractivity contribution is 5.86. The predicted molar refractivity (Wildman–Crippen MR) is 57.0 cm³/mol. The summed E-state index contributed by atoms with van der Waals surface area (Å²) in [5.74, 6) is 0.181. The number of aliphatic imine (C=N–C) groups is 1. The Kier molecular flexibility index (Phi) is 4.60. The first-order valence-corrected chi connectivity index (χ1v) is 4.98. The molecule has 1 rings (SSSR count). The van der Waals surface area contributed by atoms with Gasteiger partial charge in [-0.05, 0) is 12.0 Å². The maximum absolute atomic E-state index is 11.2. The van der Waals surface area contributed by atoms with E-state index in [0.29, 0.717) is 18.9 Å². The van der Waals surface area contributed by atoms with Gasteiger partial charge in [0.05, 0.1) is 7.11 Å². The maximum atomic E-state index is 11.2. The second-order valence-electron chi connectivity index (χ2n) is 3.46. The van der Waals surface area contributed by atoms with E-state index in [2.05, 4.69) is 19.8 Å². The van der Waals surface area contributed by atoms with Crippen molar-refractivity contribution in [3.63, 3.8) is 0 Å². The van der Waals surface area contributed by atoms with Crippen LogP contribution < -0.4 is 0 Å². The first-order chi connectivity index (χ1) is 7.69. The minimum Gasteiger partial charge on any atom is -0.478 e. The first kappa shape index (κ1) is 12.3. The highest BCUT2D eigenvalue weighted by atomic mass is 16.5. The minimum absolute atomic E-state index is 0.0418. The van der Waals surface area contributed by atoms with E-state index in [1.807, 2.05) is 6.92 Å². The molecule has 0 bridgehead atoms. The molecule has 0 amide bonds. The third-order valence-corrected chi connectivity index (χ3v) is 2.29. The van der Waals surface area contributed by atoms with Crippen LogP contribution in [0.5, 0.6) is 0 Å². The Bertz CT molecular complexity index is 336. The molecular weight excluding hydrogens is 212 g/mol. The summed E-state index contributed by atoms with van der Waals surface area (Å²) in [7, 11) is 1.32. The van der Waals surface area contributed by atoms with Crippen LogP contribution in [-0.4, -0.2) is 38.2 Å². The number of esters is 1. The lowest BCUT2D eigenvalue weighted by Crippen LogP contribution is -2.21. The van der Waals surface area contributed by atoms with Crippen molar-refractivity contribution < 1.29 is 14.3 Å². The van der Waals surface area contributed by atoms with Gasteiger partial charge in [-0.15, -0.1) is 0 Å². The molecule has 0 unspecified atom stereocenters. The number of methoxy groups -OCH3 is 1. The van der Waals surface area contributed by atoms with Crippen LogP contribution in [-0.2, 0) is 14.3 Å². The Morgan fingerprint density at radius 1 is 1.88 bits per heavy atom. The minimum atomic E-state index is -0.554. The lowest BCUT2D eigenvalue weighted by atomic mass is 10.1. The van der Waals surface area contributed by atoms with Crippen molar-refractivity contribution in [3.05, 3.63) is 10.4 Å². The SMILES string of the molecule is COC(=O)[C@@H]1COC([C@H](C)CCN=[N+]=[N-])=N1. The maximum Gasteiger partial charge on any atom is 0.334 e. The molecule has 0 spiro atoms. The van der Waals surface area contributed by atoms with Crippen molar-refractivity contribution in [1.29, 1.82) is 0 Å². The van der Waals surface area contributed by atoms with E-state index in [1.54, 1.807) is 0 Å². The monoisotopic (exact) mass is 226 g/mol. The van der Waals surface area contributed by atoms with E-state index in [0.717, 1.165) is 0 Å². The molecule has 16 heavy (non-hydrogen) atoms. The van der Waals surface area contributed by atoms with Crippen LogP contribution in [0.2, 0.25) is 0 Å². The van der Waals surface area contributed by atoms with Crippen LogP contribution >= 0.6 is 0 Å². The van der Waals surface area contributed by atoms with Crippen molar-refractivity contribution in [3.8, 4) is 0 Å². The lowest BCUT2D eigenvalue weighted by Gasteiger charge is -2.08. The molecule has 0 radical (unpaired) electrons. The van der Waals surface area contributed by atoms with Gasteiger partial charge in [0.2, 0.25) is 0 Å². The van der Waals surface area contributed by atoms with Crippen LogP contribution in [0.25, 0.3) is 10.4 Å². The molecule has 0 aromatic rings. The molecule has 1 aliphatic rings. The smallest absolute Gasteiger partial charge is 0.334 e. The van der Waals surface area contributed by atoms with Crippen LogP contribution in [0.1, 0.15) is 13.3 Å². The van der Waals surface area contributed by atoms with Crippen molar-refractivity contribution >= 4 is 11.9 Å². The molecule has 0 aliphatic carbocycles. The summed E-state index contributed by atoms with van der Waals surface area (Å²) in [6.45, 7) is 2.53. The zero-order valence-corrected chi connectivity index (χ0v) is 9.29. The van der Waals surface area contributed by atoms with Crippen molar-refractivity contribution in [2.45, 2.75) is 19.4 Å². The summed E-state index contributed by atoms with van der Waals surface area (Å²) >= 11 is 0. The third kappa shape index (κ3) is 3.13. The van der Waals surface area contributed by atoms with Gasteiger partial charge in [-0.25, -0.2) is 9.79 Å². The number of hydrogen-bond acceptors (Lipinski definition) is 5. The van der Waals surface area contributed by atoms with E-state index in [4.69, 9.17) is 10.3 Å². The molecule has 0 saturated carbocycles. The van der Waals surface area contributed by atoms with Gasteiger partial charge in [-0.3, -0.25) is 0 Å². The summed E-state index contributed by atoms with van der Waals surface area (Å²) in [6, 6.07) is -0.554. The van der Waals surface area contributed by atoms with Gasteiger partial charge in [-0.2, -0.15) is 0 Å². The van der Waals surface area contributed by atoms with Crippen molar-refractivity contribution in [2.75, 3.05) is 20.3 Å². The third-order valence-electron chi connectivity index (χ3n) is 2.29. The number of azide groups is 1. The highest BCUT2D eigenvalue weighted by Gasteiger charge is 2.28. The van der Waals surface area contributed by atoms with Gasteiger partial charge in [0.15, 0.2) is 11.9 Å². The van der Waals surface area contributed by atoms with Crippen molar-refractivity contribution in [2.24, 2.45) is 16.0 Å². The Labute approximate surface area is 93.1 Å². The molecule has 1 aliphatic heterocycles. The van der Waals surface area contributed by atoms with Gasteiger partial charge >= 0.3 is 5.97 Å². The van der Waals surface area contributed by atoms with Gasteiger partial charge in [0.25, 0.3) is 0 Å². The van der Waals surface area contributed by atoms with E-state index < -0.39 is 12.0 Å². The summed E-state index contributed by atoms with van der Waals surface area (Å²) in [5, 5.41) is 3.43. The zero-order chi connectivity index (χ0) is 12.0. The average molecular weight is 226 g/mol. The van der Waals surface area contributed by atoms with Gasteiger partial charge in [0, 0.05) is 17.4 Å². The van der Waals surface area contributed by atoms with Gasteiger partial charge in [0.1, 0.15) is 6.61 Å². The van der Waals surface area contributed by atoms with E-state index in [-0.39, 0.29) is 12.5 Å². The Balaban J connectivity index is 2.48. The largest absolute Gasteiger partial charge is 0.478 e. The molecule has 0 fully saturated rings. The van der Waals surface area contributed by atoms with Crippen molar-refractivity contribution in [1.82, 2.24) is 0 Å². The zero-order valence-electron chi connectivity index (χ0n) is 9.29. The first-order valence-electron chi connectivity index (χ1n) is 4.98. The standard InChI is InChI=1S/C9H14N4O3/c1-6(3-4-11-13-10)8-12-7(5-16-8)9(14)15-2/h6-7H,3-5H2,1-2H3/t6-,7+/m1/s1. The summed E-state index contributed by atoms with van der Waals surface area (Å²) in [5.41, 5.74) is 8.13. The summed E-state index contributed by atoms with van der Waals surface area (Å²) < 4.78 is 9.86. The van der Waals surface area contributed by atoms with Gasteiger partial charge in [-0.1, -0.05) is 12.0 Å². The Morgan fingerprint density at radius 2 is 2.62 bits per heavy atom. The van der Waals surface area contributed by atoms with Crippen LogP contribution in [0.15, 0.2) is 10.1 Å². The van der Waals surface area contributed by atoms with Crippen LogP contribution in [0.3, 0.4) is 0 Å². The number of rotatable bonds is 5. The predicted octanol–water partition coefficient (Wildman–Crippen LogP) is 1.29. The molecule has 0 aromatic carbocycles. The summed E-state index contributed by atoms with van der Waals surface area (Å²) in [4.78, 5) is 18.0. The molecule has 2 atom stereocenters. The molecule has 0 saturated heterocycles. The quantitative estimate of drug-likeness (QED) is 0.306. The summed E-state index contributed by atoms with van der Waals surface area (Å²) in [6.07, 6.45) is 0.650.